The number of carbonyl (C=O) groups excluding carboxylic acids is 1. The van der Waals surface area contributed by atoms with Crippen molar-refractivity contribution in [1.82, 2.24) is 4.98 Å². The van der Waals surface area contributed by atoms with E-state index in [1.165, 1.54) is 4.90 Å². The zero-order chi connectivity index (χ0) is 14.3. The molecule has 0 spiro atoms. The summed E-state index contributed by atoms with van der Waals surface area (Å²) in [5.41, 5.74) is 0.737. The first-order valence-electron chi connectivity index (χ1n) is 6.68. The number of rotatable bonds is 3. The van der Waals surface area contributed by atoms with Crippen LogP contribution in [0.25, 0.3) is 0 Å². The summed E-state index contributed by atoms with van der Waals surface area (Å²) >= 11 is 0. The predicted octanol–water partition coefficient (Wildman–Crippen LogP) is 1.57. The van der Waals surface area contributed by atoms with E-state index < -0.39 is 17.8 Å². The summed E-state index contributed by atoms with van der Waals surface area (Å²) in [7, 11) is 1.69. The minimum atomic E-state index is -0.872. The van der Waals surface area contributed by atoms with Crippen LogP contribution in [-0.4, -0.2) is 29.0 Å². The number of anilines is 1. The number of pyridine rings is 1. The first-order chi connectivity index (χ1) is 9.59. The maximum absolute atomic E-state index is 12.7. The largest absolute Gasteiger partial charge is 0.481 e. The number of nitrogens with zero attached hydrogens (tertiary/aromatic N) is 2. The Kier molecular flexibility index (Phi) is 3.04. The first-order valence-corrected chi connectivity index (χ1v) is 6.68. The highest BCUT2D eigenvalue weighted by molar-refractivity contribution is 5.97. The number of allylic oxidation sites excluding steroid dienone is 2. The van der Waals surface area contributed by atoms with Gasteiger partial charge in [-0.15, -0.1) is 0 Å². The minimum absolute atomic E-state index is 0.00251. The molecule has 0 saturated heterocycles. The summed E-state index contributed by atoms with van der Waals surface area (Å²) < 4.78 is 0. The van der Waals surface area contributed by atoms with Crippen molar-refractivity contribution in [3.8, 4) is 0 Å². The number of carbonyl (C=O) groups is 2. The summed E-state index contributed by atoms with van der Waals surface area (Å²) in [6, 6.07) is 3.49. The highest BCUT2D eigenvalue weighted by Gasteiger charge is 2.52. The van der Waals surface area contributed by atoms with Gasteiger partial charge in [0.05, 0.1) is 11.8 Å². The van der Waals surface area contributed by atoms with Crippen molar-refractivity contribution in [3.05, 3.63) is 36.7 Å². The van der Waals surface area contributed by atoms with Gasteiger partial charge in [0.25, 0.3) is 0 Å². The van der Waals surface area contributed by atoms with Gasteiger partial charge in [0, 0.05) is 25.1 Å². The molecule has 2 bridgehead atoms. The molecule has 0 aromatic carbocycles. The average Bonchev–Trinajstić information content (AvgIpc) is 3.07. The van der Waals surface area contributed by atoms with Crippen LogP contribution in [0.5, 0.6) is 0 Å². The third kappa shape index (κ3) is 1.90. The molecular formula is C15H16N2O3. The molecule has 104 valence electrons. The fraction of sp³-hybridized carbons (Fsp3) is 0.400. The molecule has 1 fully saturated rings. The fourth-order valence-electron chi connectivity index (χ4n) is 3.41. The molecule has 1 aromatic rings. The number of carboxylic acid groups (broad SMARTS) is 1. The molecule has 0 radical (unpaired) electrons. The monoisotopic (exact) mass is 272 g/mol. The number of aromatic nitrogens is 1. The van der Waals surface area contributed by atoms with Gasteiger partial charge in [-0.3, -0.25) is 14.6 Å². The Hall–Kier alpha value is -2.17. The fourth-order valence-corrected chi connectivity index (χ4v) is 3.41. The second-order valence-electron chi connectivity index (χ2n) is 5.44. The molecule has 1 aromatic heterocycles. The van der Waals surface area contributed by atoms with Gasteiger partial charge in [-0.05, 0) is 30.4 Å². The first kappa shape index (κ1) is 12.8. The molecule has 2 unspecified atom stereocenters. The number of fused-ring (bicyclic) bond motifs is 2. The average molecular weight is 272 g/mol. The Labute approximate surface area is 116 Å². The van der Waals surface area contributed by atoms with E-state index in [1.54, 1.807) is 31.6 Å². The predicted molar refractivity (Wildman–Crippen MR) is 73.0 cm³/mol. The molecular weight excluding hydrogens is 256 g/mol. The van der Waals surface area contributed by atoms with Gasteiger partial charge in [-0.2, -0.15) is 0 Å². The maximum Gasteiger partial charge on any atom is 0.307 e. The lowest BCUT2D eigenvalue weighted by Gasteiger charge is -2.28. The Morgan fingerprint density at radius 1 is 1.20 bits per heavy atom. The number of carboxylic acids is 1. The van der Waals surface area contributed by atoms with E-state index in [1.807, 2.05) is 12.2 Å². The number of hydrogen-bond acceptors (Lipinski definition) is 3. The van der Waals surface area contributed by atoms with Crippen molar-refractivity contribution in [2.45, 2.75) is 6.42 Å². The van der Waals surface area contributed by atoms with Crippen molar-refractivity contribution in [2.24, 2.45) is 23.7 Å². The van der Waals surface area contributed by atoms with Crippen molar-refractivity contribution in [1.29, 1.82) is 0 Å². The van der Waals surface area contributed by atoms with E-state index in [0.29, 0.717) is 0 Å². The van der Waals surface area contributed by atoms with E-state index in [4.69, 9.17) is 0 Å². The molecule has 1 heterocycles. The molecule has 5 nitrogen and oxygen atoms in total. The van der Waals surface area contributed by atoms with Crippen molar-refractivity contribution >= 4 is 17.6 Å². The number of aliphatic carboxylic acids is 1. The molecule has 1 amide bonds. The van der Waals surface area contributed by atoms with E-state index in [9.17, 15) is 14.7 Å². The van der Waals surface area contributed by atoms with Crippen LogP contribution in [0, 0.1) is 23.7 Å². The molecule has 0 aliphatic heterocycles. The van der Waals surface area contributed by atoms with Crippen LogP contribution < -0.4 is 4.90 Å². The molecule has 4 atom stereocenters. The Bertz CT molecular complexity index is 570. The van der Waals surface area contributed by atoms with E-state index in [-0.39, 0.29) is 17.7 Å². The molecule has 1 saturated carbocycles. The number of amides is 1. The van der Waals surface area contributed by atoms with Gasteiger partial charge in [0.15, 0.2) is 0 Å². The zero-order valence-electron chi connectivity index (χ0n) is 11.1. The van der Waals surface area contributed by atoms with Gasteiger partial charge in [0.2, 0.25) is 5.91 Å². The van der Waals surface area contributed by atoms with Crippen LogP contribution in [0.4, 0.5) is 5.69 Å². The highest BCUT2D eigenvalue weighted by Crippen LogP contribution is 2.48. The summed E-state index contributed by atoms with van der Waals surface area (Å²) in [5.74, 6) is -2.00. The van der Waals surface area contributed by atoms with Gasteiger partial charge in [-0.1, -0.05) is 12.2 Å². The van der Waals surface area contributed by atoms with Crippen molar-refractivity contribution < 1.29 is 14.7 Å². The number of hydrogen-bond donors (Lipinski definition) is 1. The summed E-state index contributed by atoms with van der Waals surface area (Å²) in [5, 5.41) is 9.39. The standard InChI is InChI=1S/C15H16N2O3/c1-17(11-4-6-16-7-5-11)14(18)12-9-2-3-10(8-9)13(12)15(19)20/h2-7,9-10,12-13H,8H2,1H3,(H,19,20)/t9?,10?,12-,13+/m0/s1. The summed E-state index contributed by atoms with van der Waals surface area (Å²) in [6.45, 7) is 0. The van der Waals surface area contributed by atoms with Crippen molar-refractivity contribution in [2.75, 3.05) is 11.9 Å². The summed E-state index contributed by atoms with van der Waals surface area (Å²) in [4.78, 5) is 29.6. The lowest BCUT2D eigenvalue weighted by Crippen LogP contribution is -2.41. The minimum Gasteiger partial charge on any atom is -0.481 e. The van der Waals surface area contributed by atoms with Crippen LogP contribution in [0.1, 0.15) is 6.42 Å². The highest BCUT2D eigenvalue weighted by atomic mass is 16.4. The Morgan fingerprint density at radius 2 is 1.80 bits per heavy atom. The van der Waals surface area contributed by atoms with E-state index >= 15 is 0 Å². The van der Waals surface area contributed by atoms with Gasteiger partial charge < -0.3 is 10.0 Å². The van der Waals surface area contributed by atoms with Crippen LogP contribution >= 0.6 is 0 Å². The Morgan fingerprint density at radius 3 is 2.40 bits per heavy atom. The van der Waals surface area contributed by atoms with Crippen LogP contribution in [0.3, 0.4) is 0 Å². The van der Waals surface area contributed by atoms with Crippen molar-refractivity contribution in [3.63, 3.8) is 0 Å². The van der Waals surface area contributed by atoms with E-state index in [0.717, 1.165) is 12.1 Å². The van der Waals surface area contributed by atoms with Crippen LogP contribution in [0.2, 0.25) is 0 Å². The van der Waals surface area contributed by atoms with Crippen LogP contribution in [-0.2, 0) is 9.59 Å². The normalized spacial score (nSPS) is 30.4. The molecule has 1 N–H and O–H groups in total. The van der Waals surface area contributed by atoms with Crippen LogP contribution in [0.15, 0.2) is 36.7 Å². The quantitative estimate of drug-likeness (QED) is 0.848. The van der Waals surface area contributed by atoms with Gasteiger partial charge >= 0.3 is 5.97 Å². The lowest BCUT2D eigenvalue weighted by molar-refractivity contribution is -0.147. The second-order valence-corrected chi connectivity index (χ2v) is 5.44. The topological polar surface area (TPSA) is 70.5 Å². The maximum atomic E-state index is 12.7. The SMILES string of the molecule is CN(C(=O)[C@H]1C2C=CC(C2)[C@H]1C(=O)O)c1ccncc1. The van der Waals surface area contributed by atoms with E-state index in [2.05, 4.69) is 4.98 Å². The third-order valence-electron chi connectivity index (χ3n) is 4.41. The molecule has 2 aliphatic rings. The zero-order valence-corrected chi connectivity index (χ0v) is 11.1. The van der Waals surface area contributed by atoms with Gasteiger partial charge in [0.1, 0.15) is 0 Å². The molecule has 3 rings (SSSR count). The summed E-state index contributed by atoms with van der Waals surface area (Å²) in [6.07, 6.45) is 7.95. The van der Waals surface area contributed by atoms with Gasteiger partial charge in [-0.25, -0.2) is 0 Å². The molecule has 2 aliphatic carbocycles. The lowest BCUT2D eigenvalue weighted by atomic mass is 9.82. The third-order valence-corrected chi connectivity index (χ3v) is 4.41. The molecule has 20 heavy (non-hydrogen) atoms. The molecule has 5 heteroatoms. The second kappa shape index (κ2) is 4.74. The Balaban J connectivity index is 1.87. The smallest absolute Gasteiger partial charge is 0.307 e.